The van der Waals surface area contributed by atoms with E-state index in [1.165, 1.54) is 4.88 Å². The first-order valence-electron chi connectivity index (χ1n) is 8.69. The number of fused-ring (bicyclic) bond motifs is 1. The van der Waals surface area contributed by atoms with E-state index in [0.717, 1.165) is 51.1 Å². The van der Waals surface area contributed by atoms with Gasteiger partial charge in [-0.2, -0.15) is 0 Å². The molecule has 0 radical (unpaired) electrons. The SMILES string of the molecule is Cc1nc(C)c(CNC(=O)C2CCc3sc(-c4ccncc4)nc3C2)s1. The highest BCUT2D eigenvalue weighted by atomic mass is 32.1. The zero-order chi connectivity index (χ0) is 18.1. The average Bonchev–Trinajstić information content (AvgIpc) is 3.22. The maximum atomic E-state index is 12.6. The lowest BCUT2D eigenvalue weighted by molar-refractivity contribution is -0.125. The third kappa shape index (κ3) is 3.54. The van der Waals surface area contributed by atoms with Gasteiger partial charge in [-0.1, -0.05) is 0 Å². The Morgan fingerprint density at radius 3 is 2.77 bits per heavy atom. The summed E-state index contributed by atoms with van der Waals surface area (Å²) in [6.45, 7) is 4.56. The summed E-state index contributed by atoms with van der Waals surface area (Å²) in [5.41, 5.74) is 3.19. The third-order valence-corrected chi connectivity index (χ3v) is 6.94. The predicted molar refractivity (Wildman–Crippen MR) is 104 cm³/mol. The van der Waals surface area contributed by atoms with Crippen LogP contribution >= 0.6 is 22.7 Å². The number of carbonyl (C=O) groups excluding carboxylic acids is 1. The Balaban J connectivity index is 1.42. The average molecular weight is 385 g/mol. The van der Waals surface area contributed by atoms with E-state index in [1.54, 1.807) is 35.1 Å². The molecular weight excluding hydrogens is 364 g/mol. The van der Waals surface area contributed by atoms with Crippen LogP contribution in [0.15, 0.2) is 24.5 Å². The number of hydrogen-bond acceptors (Lipinski definition) is 6. The molecule has 0 bridgehead atoms. The highest BCUT2D eigenvalue weighted by Gasteiger charge is 2.27. The second-order valence-electron chi connectivity index (χ2n) is 6.52. The molecule has 1 N–H and O–H groups in total. The predicted octanol–water partition coefficient (Wildman–Crippen LogP) is 3.70. The third-order valence-electron chi connectivity index (χ3n) is 4.66. The summed E-state index contributed by atoms with van der Waals surface area (Å²) < 4.78 is 0. The second kappa shape index (κ2) is 7.25. The fourth-order valence-corrected chi connectivity index (χ4v) is 5.26. The van der Waals surface area contributed by atoms with Crippen LogP contribution in [-0.4, -0.2) is 20.9 Å². The monoisotopic (exact) mass is 384 g/mol. The van der Waals surface area contributed by atoms with Crippen molar-refractivity contribution in [3.8, 4) is 10.6 Å². The Labute approximate surface area is 160 Å². The molecule has 1 aliphatic rings. The number of aromatic nitrogens is 3. The molecule has 0 fully saturated rings. The Hall–Kier alpha value is -2.12. The number of nitrogens with zero attached hydrogens (tertiary/aromatic N) is 3. The number of rotatable bonds is 4. The van der Waals surface area contributed by atoms with E-state index in [1.807, 2.05) is 26.0 Å². The lowest BCUT2D eigenvalue weighted by atomic mass is 9.90. The summed E-state index contributed by atoms with van der Waals surface area (Å²) in [6, 6.07) is 3.96. The van der Waals surface area contributed by atoms with Gasteiger partial charge < -0.3 is 5.32 Å². The minimum absolute atomic E-state index is 0.00390. The zero-order valence-corrected chi connectivity index (χ0v) is 16.4. The van der Waals surface area contributed by atoms with Gasteiger partial charge in [0.15, 0.2) is 0 Å². The number of thiazole rings is 2. The Morgan fingerprint density at radius 2 is 2.04 bits per heavy atom. The molecule has 26 heavy (non-hydrogen) atoms. The van der Waals surface area contributed by atoms with Gasteiger partial charge in [-0.05, 0) is 38.8 Å². The van der Waals surface area contributed by atoms with Crippen LogP contribution < -0.4 is 5.32 Å². The van der Waals surface area contributed by atoms with Crippen LogP contribution in [0.4, 0.5) is 0 Å². The van der Waals surface area contributed by atoms with Gasteiger partial charge in [0.2, 0.25) is 5.91 Å². The van der Waals surface area contributed by atoms with Gasteiger partial charge in [0, 0.05) is 40.1 Å². The molecule has 1 unspecified atom stereocenters. The topological polar surface area (TPSA) is 67.8 Å². The van der Waals surface area contributed by atoms with E-state index < -0.39 is 0 Å². The van der Waals surface area contributed by atoms with Crippen LogP contribution in [0.3, 0.4) is 0 Å². The van der Waals surface area contributed by atoms with Crippen molar-refractivity contribution < 1.29 is 4.79 Å². The highest BCUT2D eigenvalue weighted by Crippen LogP contribution is 2.34. The van der Waals surface area contributed by atoms with E-state index >= 15 is 0 Å². The van der Waals surface area contributed by atoms with Gasteiger partial charge in [0.25, 0.3) is 0 Å². The van der Waals surface area contributed by atoms with Crippen molar-refractivity contribution in [2.24, 2.45) is 5.92 Å². The molecule has 7 heteroatoms. The maximum absolute atomic E-state index is 12.6. The molecule has 1 aliphatic carbocycles. The molecule has 3 heterocycles. The summed E-state index contributed by atoms with van der Waals surface area (Å²) in [5.74, 6) is 0.128. The van der Waals surface area contributed by atoms with Gasteiger partial charge in [-0.25, -0.2) is 9.97 Å². The van der Waals surface area contributed by atoms with Crippen LogP contribution in [0.1, 0.15) is 32.6 Å². The van der Waals surface area contributed by atoms with Crippen molar-refractivity contribution in [3.63, 3.8) is 0 Å². The minimum Gasteiger partial charge on any atom is -0.351 e. The van der Waals surface area contributed by atoms with Crippen molar-refractivity contribution in [2.45, 2.75) is 39.7 Å². The van der Waals surface area contributed by atoms with Gasteiger partial charge in [-0.3, -0.25) is 9.78 Å². The lowest BCUT2D eigenvalue weighted by Crippen LogP contribution is -2.33. The van der Waals surface area contributed by atoms with E-state index in [4.69, 9.17) is 4.98 Å². The summed E-state index contributed by atoms with van der Waals surface area (Å²) in [5, 5.41) is 5.16. The standard InChI is InChI=1S/C19H20N4OS2/c1-11-17(25-12(2)22-11)10-21-18(24)14-3-4-16-15(9-14)23-19(26-16)13-5-7-20-8-6-13/h5-8,14H,3-4,9-10H2,1-2H3,(H,21,24). The first-order valence-corrected chi connectivity index (χ1v) is 10.3. The van der Waals surface area contributed by atoms with Gasteiger partial charge in [-0.15, -0.1) is 22.7 Å². The molecule has 0 saturated heterocycles. The van der Waals surface area contributed by atoms with Crippen molar-refractivity contribution in [3.05, 3.63) is 50.7 Å². The molecule has 0 aliphatic heterocycles. The van der Waals surface area contributed by atoms with Crippen molar-refractivity contribution in [1.29, 1.82) is 0 Å². The van der Waals surface area contributed by atoms with Crippen LogP contribution in [0.2, 0.25) is 0 Å². The highest BCUT2D eigenvalue weighted by molar-refractivity contribution is 7.15. The number of hydrogen-bond donors (Lipinski definition) is 1. The molecule has 1 atom stereocenters. The lowest BCUT2D eigenvalue weighted by Gasteiger charge is -2.20. The van der Waals surface area contributed by atoms with Crippen LogP contribution in [0, 0.1) is 19.8 Å². The quantitative estimate of drug-likeness (QED) is 0.745. The first-order chi connectivity index (χ1) is 12.6. The number of pyridine rings is 1. The van der Waals surface area contributed by atoms with Gasteiger partial charge >= 0.3 is 0 Å². The Bertz CT molecular complexity index is 932. The van der Waals surface area contributed by atoms with Crippen molar-refractivity contribution in [1.82, 2.24) is 20.3 Å². The Kier molecular flexibility index (Phi) is 4.82. The smallest absolute Gasteiger partial charge is 0.223 e. The molecule has 4 rings (SSSR count). The van der Waals surface area contributed by atoms with Crippen LogP contribution in [0.25, 0.3) is 10.6 Å². The van der Waals surface area contributed by atoms with Crippen molar-refractivity contribution >= 4 is 28.6 Å². The molecule has 134 valence electrons. The molecule has 0 spiro atoms. The van der Waals surface area contributed by atoms with E-state index in [-0.39, 0.29) is 11.8 Å². The molecule has 0 saturated carbocycles. The van der Waals surface area contributed by atoms with Gasteiger partial charge in [0.1, 0.15) is 5.01 Å². The van der Waals surface area contributed by atoms with E-state index in [9.17, 15) is 4.79 Å². The number of aryl methyl sites for hydroxylation is 3. The molecule has 3 aromatic heterocycles. The van der Waals surface area contributed by atoms with Crippen LogP contribution in [0.5, 0.6) is 0 Å². The fraction of sp³-hybridized carbons (Fsp3) is 0.368. The zero-order valence-electron chi connectivity index (χ0n) is 14.8. The molecule has 0 aromatic carbocycles. The van der Waals surface area contributed by atoms with Crippen LogP contribution in [-0.2, 0) is 24.2 Å². The summed E-state index contributed by atoms with van der Waals surface area (Å²) in [6.07, 6.45) is 6.11. The second-order valence-corrected chi connectivity index (χ2v) is 8.90. The van der Waals surface area contributed by atoms with E-state index in [2.05, 4.69) is 15.3 Å². The fourth-order valence-electron chi connectivity index (χ4n) is 3.27. The molecular formula is C19H20N4OS2. The maximum Gasteiger partial charge on any atom is 0.223 e. The largest absolute Gasteiger partial charge is 0.351 e. The minimum atomic E-state index is 0.00390. The number of nitrogens with one attached hydrogen (secondary N) is 1. The van der Waals surface area contributed by atoms with Gasteiger partial charge in [0.05, 0.1) is 22.9 Å². The van der Waals surface area contributed by atoms with E-state index in [0.29, 0.717) is 6.54 Å². The number of amides is 1. The molecule has 5 nitrogen and oxygen atoms in total. The molecule has 1 amide bonds. The summed E-state index contributed by atoms with van der Waals surface area (Å²) in [7, 11) is 0. The van der Waals surface area contributed by atoms with Crippen molar-refractivity contribution in [2.75, 3.05) is 0 Å². The Morgan fingerprint density at radius 1 is 1.23 bits per heavy atom. The molecule has 3 aromatic rings. The number of carbonyl (C=O) groups is 1. The normalized spacial score (nSPS) is 16.3. The first kappa shape index (κ1) is 17.3. The summed E-state index contributed by atoms with van der Waals surface area (Å²) >= 11 is 3.39. The summed E-state index contributed by atoms with van der Waals surface area (Å²) in [4.78, 5) is 28.3.